The summed E-state index contributed by atoms with van der Waals surface area (Å²) in [6.07, 6.45) is 2.71. The molecule has 0 heterocycles. The van der Waals surface area contributed by atoms with Crippen molar-refractivity contribution >= 4 is 0 Å². The molecule has 0 aliphatic heterocycles. The smallest absolute Gasteiger partial charge is 0.0810 e. The molecule has 106 valence electrons. The number of ether oxygens (including phenoxy) is 1. The summed E-state index contributed by atoms with van der Waals surface area (Å²) in [5, 5.41) is 0. The van der Waals surface area contributed by atoms with E-state index in [9.17, 15) is 0 Å². The maximum atomic E-state index is 5.91. The zero-order chi connectivity index (χ0) is 13.8. The van der Waals surface area contributed by atoms with E-state index in [2.05, 4.69) is 43.5 Å². The summed E-state index contributed by atoms with van der Waals surface area (Å²) in [5.41, 5.74) is 5.53. The number of hydrazine groups is 1. The molecular formula is C16H26N2O. The van der Waals surface area contributed by atoms with Crippen LogP contribution in [0.25, 0.3) is 0 Å². The third-order valence-electron chi connectivity index (χ3n) is 3.92. The Morgan fingerprint density at radius 3 is 2.21 bits per heavy atom. The van der Waals surface area contributed by atoms with E-state index in [0.717, 1.165) is 6.61 Å². The maximum Gasteiger partial charge on any atom is 0.0810 e. The Hall–Kier alpha value is -0.900. The van der Waals surface area contributed by atoms with Crippen molar-refractivity contribution in [3.8, 4) is 0 Å². The minimum Gasteiger partial charge on any atom is -0.376 e. The molecule has 3 N–H and O–H groups in total. The quantitative estimate of drug-likeness (QED) is 0.586. The molecule has 1 saturated carbocycles. The predicted octanol–water partition coefficient (Wildman–Crippen LogP) is 3.13. The monoisotopic (exact) mass is 262 g/mol. The number of hydrogen-bond donors (Lipinski definition) is 2. The Bertz CT molecular complexity index is 384. The number of rotatable bonds is 7. The van der Waals surface area contributed by atoms with Crippen LogP contribution in [0.15, 0.2) is 24.3 Å². The van der Waals surface area contributed by atoms with E-state index in [1.54, 1.807) is 0 Å². The van der Waals surface area contributed by atoms with Gasteiger partial charge in [0, 0.05) is 6.61 Å². The molecule has 0 radical (unpaired) electrons. The summed E-state index contributed by atoms with van der Waals surface area (Å²) >= 11 is 0. The van der Waals surface area contributed by atoms with Crippen LogP contribution in [-0.2, 0) is 4.74 Å². The first-order valence-corrected chi connectivity index (χ1v) is 7.35. The second-order valence-corrected chi connectivity index (χ2v) is 5.72. The fourth-order valence-corrected chi connectivity index (χ4v) is 2.59. The third kappa shape index (κ3) is 3.56. The van der Waals surface area contributed by atoms with Crippen LogP contribution in [0.3, 0.4) is 0 Å². The lowest BCUT2D eigenvalue weighted by Crippen LogP contribution is -2.39. The van der Waals surface area contributed by atoms with E-state index >= 15 is 0 Å². The molecule has 3 nitrogen and oxygen atoms in total. The summed E-state index contributed by atoms with van der Waals surface area (Å²) in [6, 6.07) is 8.83. The van der Waals surface area contributed by atoms with Gasteiger partial charge in [-0.3, -0.25) is 11.3 Å². The van der Waals surface area contributed by atoms with Crippen LogP contribution in [0.2, 0.25) is 0 Å². The Balaban J connectivity index is 2.15. The summed E-state index contributed by atoms with van der Waals surface area (Å²) in [6.45, 7) is 7.20. The first-order valence-electron chi connectivity index (χ1n) is 7.35. The number of nitrogens with one attached hydrogen (secondary N) is 1. The van der Waals surface area contributed by atoms with E-state index in [0.29, 0.717) is 11.8 Å². The van der Waals surface area contributed by atoms with Crippen LogP contribution >= 0.6 is 0 Å². The maximum absolute atomic E-state index is 5.91. The van der Waals surface area contributed by atoms with Gasteiger partial charge < -0.3 is 4.74 Å². The van der Waals surface area contributed by atoms with Crippen molar-refractivity contribution in [2.24, 2.45) is 11.8 Å². The zero-order valence-electron chi connectivity index (χ0n) is 12.2. The molecule has 1 aromatic carbocycles. The van der Waals surface area contributed by atoms with Crippen molar-refractivity contribution in [3.05, 3.63) is 35.4 Å². The highest BCUT2D eigenvalue weighted by molar-refractivity contribution is 5.28. The van der Waals surface area contributed by atoms with Crippen molar-refractivity contribution in [3.63, 3.8) is 0 Å². The molecular weight excluding hydrogens is 236 g/mol. The highest BCUT2D eigenvalue weighted by Crippen LogP contribution is 2.39. The lowest BCUT2D eigenvalue weighted by molar-refractivity contribution is 0.0185. The molecule has 0 aromatic heterocycles. The minimum atomic E-state index is 0.0914. The topological polar surface area (TPSA) is 47.3 Å². The molecule has 3 heteroatoms. The van der Waals surface area contributed by atoms with Crippen LogP contribution < -0.4 is 11.3 Å². The van der Waals surface area contributed by atoms with Crippen molar-refractivity contribution < 1.29 is 4.74 Å². The Labute approximate surface area is 116 Å². The standard InChI is InChI=1S/C16H26N2O/c1-4-19-16(14-9-10-14)15(18-17)13-7-5-12(6-8-13)11(2)3/h5-8,11,14-16,18H,4,9-10,17H2,1-3H3. The van der Waals surface area contributed by atoms with Crippen LogP contribution in [0.1, 0.15) is 56.7 Å². The van der Waals surface area contributed by atoms with Crippen LogP contribution in [0.4, 0.5) is 0 Å². The van der Waals surface area contributed by atoms with E-state index < -0.39 is 0 Å². The van der Waals surface area contributed by atoms with Gasteiger partial charge in [0.2, 0.25) is 0 Å². The Morgan fingerprint density at radius 2 is 1.79 bits per heavy atom. The number of benzene rings is 1. The molecule has 2 unspecified atom stereocenters. The molecule has 0 amide bonds. The largest absolute Gasteiger partial charge is 0.376 e. The molecule has 0 saturated heterocycles. The van der Waals surface area contributed by atoms with E-state index in [1.807, 2.05) is 6.92 Å². The predicted molar refractivity (Wildman–Crippen MR) is 78.7 cm³/mol. The van der Waals surface area contributed by atoms with E-state index in [-0.39, 0.29) is 12.1 Å². The lowest BCUT2D eigenvalue weighted by atomic mass is 9.95. The first kappa shape index (κ1) is 14.5. The average Bonchev–Trinajstić information content (AvgIpc) is 3.23. The van der Waals surface area contributed by atoms with Gasteiger partial charge in [0.1, 0.15) is 0 Å². The highest BCUT2D eigenvalue weighted by Gasteiger charge is 2.37. The Kier molecular flexibility index (Phi) is 4.97. The van der Waals surface area contributed by atoms with E-state index in [4.69, 9.17) is 10.6 Å². The fourth-order valence-electron chi connectivity index (χ4n) is 2.59. The van der Waals surface area contributed by atoms with Gasteiger partial charge >= 0.3 is 0 Å². The molecule has 2 atom stereocenters. The third-order valence-corrected chi connectivity index (χ3v) is 3.92. The van der Waals surface area contributed by atoms with Gasteiger partial charge in [0.15, 0.2) is 0 Å². The average molecular weight is 262 g/mol. The highest BCUT2D eigenvalue weighted by atomic mass is 16.5. The van der Waals surface area contributed by atoms with Crippen molar-refractivity contribution in [2.75, 3.05) is 6.61 Å². The number of hydrogen-bond acceptors (Lipinski definition) is 3. The minimum absolute atomic E-state index is 0.0914. The second kappa shape index (κ2) is 6.51. The second-order valence-electron chi connectivity index (χ2n) is 5.72. The van der Waals surface area contributed by atoms with Gasteiger partial charge in [0.25, 0.3) is 0 Å². The summed E-state index contributed by atoms with van der Waals surface area (Å²) in [5.74, 6) is 6.99. The zero-order valence-corrected chi connectivity index (χ0v) is 12.2. The Morgan fingerprint density at radius 1 is 1.21 bits per heavy atom. The normalized spacial score (nSPS) is 18.6. The molecule has 1 aromatic rings. The summed E-state index contributed by atoms with van der Waals surface area (Å²) < 4.78 is 5.91. The van der Waals surface area contributed by atoms with Gasteiger partial charge in [-0.05, 0) is 42.7 Å². The van der Waals surface area contributed by atoms with Crippen LogP contribution in [0.5, 0.6) is 0 Å². The molecule has 1 fully saturated rings. The van der Waals surface area contributed by atoms with Crippen LogP contribution in [0, 0.1) is 5.92 Å². The first-order chi connectivity index (χ1) is 9.17. The molecule has 2 rings (SSSR count). The van der Waals surface area contributed by atoms with Crippen LogP contribution in [-0.4, -0.2) is 12.7 Å². The fraction of sp³-hybridized carbons (Fsp3) is 0.625. The summed E-state index contributed by atoms with van der Waals surface area (Å²) in [4.78, 5) is 0. The van der Waals surface area contributed by atoms with E-state index in [1.165, 1.54) is 24.0 Å². The molecule has 1 aliphatic rings. The van der Waals surface area contributed by atoms with Gasteiger partial charge in [-0.15, -0.1) is 0 Å². The van der Waals surface area contributed by atoms with Crippen molar-refractivity contribution in [2.45, 2.75) is 51.7 Å². The molecule has 0 spiro atoms. The molecule has 0 bridgehead atoms. The molecule has 1 aliphatic carbocycles. The van der Waals surface area contributed by atoms with Gasteiger partial charge in [-0.1, -0.05) is 38.1 Å². The van der Waals surface area contributed by atoms with Gasteiger partial charge in [-0.2, -0.15) is 0 Å². The van der Waals surface area contributed by atoms with Gasteiger partial charge in [0.05, 0.1) is 12.1 Å². The SMILES string of the molecule is CCOC(C1CC1)C(NN)c1ccc(C(C)C)cc1. The van der Waals surface area contributed by atoms with Crippen molar-refractivity contribution in [1.82, 2.24) is 5.43 Å². The number of nitrogens with two attached hydrogens (primary N) is 1. The molecule has 19 heavy (non-hydrogen) atoms. The lowest BCUT2D eigenvalue weighted by Gasteiger charge is -2.27. The summed E-state index contributed by atoms with van der Waals surface area (Å²) in [7, 11) is 0. The van der Waals surface area contributed by atoms with Crippen molar-refractivity contribution in [1.29, 1.82) is 0 Å². The van der Waals surface area contributed by atoms with Gasteiger partial charge in [-0.25, -0.2) is 0 Å².